The Kier molecular flexibility index (Phi) is 5.60. The normalized spacial score (nSPS) is 35.7. The molecule has 0 radical (unpaired) electrons. The summed E-state index contributed by atoms with van der Waals surface area (Å²) < 4.78 is 18.8. The van der Waals surface area contributed by atoms with Gasteiger partial charge in [0.25, 0.3) is 0 Å². The molecule has 0 spiro atoms. The molecule has 3 aromatic carbocycles. The van der Waals surface area contributed by atoms with Gasteiger partial charge >= 0.3 is 0 Å². The van der Waals surface area contributed by atoms with Gasteiger partial charge in [0.2, 0.25) is 0 Å². The lowest BCUT2D eigenvalue weighted by molar-refractivity contribution is -0.285. The molecule has 7 heteroatoms. The standard InChI is InChI=1S/C27H29N3O2S2/c1-32-34(31,33)19-27(24-15-9-4-10-16-24)28-17-23-18-30(27)26(22-13-7-3-8-14-22)29(20-28)25(23)21-11-5-2-6-12-21/h2-16,23,25-26H,17-20H2,1H3. The van der Waals surface area contributed by atoms with Crippen LogP contribution in [0.4, 0.5) is 0 Å². The molecule has 4 heterocycles. The SMILES string of the molecule is COS(=O)(=S)CC1(c2ccccc2)N2CC3CN1C(c1ccccc1)N(C2)C3c1ccccc1. The van der Waals surface area contributed by atoms with E-state index < -0.39 is 14.4 Å². The Balaban J connectivity index is 1.54. The predicted molar refractivity (Wildman–Crippen MR) is 137 cm³/mol. The van der Waals surface area contributed by atoms with Gasteiger partial charge in [-0.25, -0.2) is 4.21 Å². The van der Waals surface area contributed by atoms with Crippen molar-refractivity contribution in [2.24, 2.45) is 5.92 Å². The highest BCUT2D eigenvalue weighted by molar-refractivity contribution is 8.30. The van der Waals surface area contributed by atoms with E-state index in [0.717, 1.165) is 25.3 Å². The first kappa shape index (κ1) is 22.3. The van der Waals surface area contributed by atoms with Crippen LogP contribution in [-0.2, 0) is 29.8 Å². The largest absolute Gasteiger partial charge is 0.293 e. The van der Waals surface area contributed by atoms with Crippen molar-refractivity contribution in [3.8, 4) is 0 Å². The van der Waals surface area contributed by atoms with Gasteiger partial charge in [-0.05, 0) is 16.7 Å². The molecule has 4 bridgehead atoms. The highest BCUT2D eigenvalue weighted by atomic mass is 32.8. The summed E-state index contributed by atoms with van der Waals surface area (Å²) in [5.41, 5.74) is 3.15. The minimum absolute atomic E-state index is 0.0430. The van der Waals surface area contributed by atoms with E-state index in [9.17, 15) is 4.21 Å². The molecule has 4 fully saturated rings. The van der Waals surface area contributed by atoms with Crippen molar-refractivity contribution in [1.82, 2.24) is 14.7 Å². The molecule has 4 saturated heterocycles. The topological polar surface area (TPSA) is 36.0 Å². The fourth-order valence-electron chi connectivity index (χ4n) is 6.44. The average molecular weight is 492 g/mol. The second-order valence-electron chi connectivity index (χ2n) is 9.48. The average Bonchev–Trinajstić information content (AvgIpc) is 2.87. The van der Waals surface area contributed by atoms with Crippen molar-refractivity contribution < 1.29 is 8.39 Å². The van der Waals surface area contributed by atoms with Gasteiger partial charge in [0.15, 0.2) is 0 Å². The van der Waals surface area contributed by atoms with Crippen molar-refractivity contribution in [1.29, 1.82) is 0 Å². The zero-order valence-electron chi connectivity index (χ0n) is 19.2. The zero-order chi connectivity index (χ0) is 23.3. The zero-order valence-corrected chi connectivity index (χ0v) is 20.8. The third kappa shape index (κ3) is 3.46. The van der Waals surface area contributed by atoms with E-state index in [1.165, 1.54) is 18.2 Å². The van der Waals surface area contributed by atoms with Crippen molar-refractivity contribution in [2.45, 2.75) is 17.9 Å². The summed E-state index contributed by atoms with van der Waals surface area (Å²) >= 11 is 5.51. The first-order valence-corrected chi connectivity index (χ1v) is 14.3. The minimum Gasteiger partial charge on any atom is -0.293 e. The van der Waals surface area contributed by atoms with E-state index in [4.69, 9.17) is 15.4 Å². The number of rotatable bonds is 6. The van der Waals surface area contributed by atoms with Crippen LogP contribution in [0.2, 0.25) is 0 Å². The molecule has 0 aromatic heterocycles. The molecule has 0 aliphatic carbocycles. The van der Waals surface area contributed by atoms with Gasteiger partial charge in [0.05, 0.1) is 25.7 Å². The van der Waals surface area contributed by atoms with Crippen molar-refractivity contribution >= 4 is 20.0 Å². The van der Waals surface area contributed by atoms with Gasteiger partial charge in [-0.3, -0.25) is 18.9 Å². The highest BCUT2D eigenvalue weighted by Crippen LogP contribution is 2.57. The maximum Gasteiger partial charge on any atom is 0.147 e. The third-order valence-electron chi connectivity index (χ3n) is 7.74. The van der Waals surface area contributed by atoms with Crippen LogP contribution in [-0.4, -0.2) is 51.5 Å². The lowest BCUT2D eigenvalue weighted by atomic mass is 9.77. The van der Waals surface area contributed by atoms with Crippen LogP contribution in [0.15, 0.2) is 91.0 Å². The van der Waals surface area contributed by atoms with E-state index in [-0.39, 0.29) is 11.9 Å². The fraction of sp³-hybridized carbons (Fsp3) is 0.333. The molecule has 4 aliphatic heterocycles. The number of nitrogens with zero attached hydrogens (tertiary/aromatic N) is 3. The molecule has 0 saturated carbocycles. The van der Waals surface area contributed by atoms with Crippen LogP contribution in [0.25, 0.3) is 0 Å². The molecule has 4 aliphatic rings. The van der Waals surface area contributed by atoms with Gasteiger partial charge in [-0.2, -0.15) is 0 Å². The van der Waals surface area contributed by atoms with Crippen LogP contribution >= 0.6 is 0 Å². The van der Waals surface area contributed by atoms with Crippen LogP contribution < -0.4 is 0 Å². The van der Waals surface area contributed by atoms with Gasteiger partial charge in [-0.1, -0.05) is 91.0 Å². The molecular formula is C27H29N3O2S2. The van der Waals surface area contributed by atoms with Gasteiger partial charge < -0.3 is 0 Å². The Morgan fingerprint density at radius 1 is 0.912 bits per heavy atom. The van der Waals surface area contributed by atoms with Crippen molar-refractivity contribution in [3.63, 3.8) is 0 Å². The second-order valence-corrected chi connectivity index (χ2v) is 12.7. The monoisotopic (exact) mass is 491 g/mol. The lowest BCUT2D eigenvalue weighted by Gasteiger charge is -2.71. The molecule has 0 N–H and O–H groups in total. The summed E-state index contributed by atoms with van der Waals surface area (Å²) in [5.74, 6) is 0.701. The van der Waals surface area contributed by atoms with E-state index >= 15 is 0 Å². The Labute approximate surface area is 206 Å². The first-order chi connectivity index (χ1) is 16.5. The lowest BCUT2D eigenvalue weighted by Crippen LogP contribution is -2.79. The maximum atomic E-state index is 13.4. The number of hydrogen-bond acceptors (Lipinski definition) is 6. The molecule has 0 amide bonds. The summed E-state index contributed by atoms with van der Waals surface area (Å²) in [7, 11) is -1.44. The van der Waals surface area contributed by atoms with Gasteiger partial charge in [-0.15, -0.1) is 0 Å². The smallest absolute Gasteiger partial charge is 0.147 e. The summed E-state index contributed by atoms with van der Waals surface area (Å²) in [6.45, 7) is 2.60. The molecule has 7 rings (SSSR count). The highest BCUT2D eigenvalue weighted by Gasteiger charge is 2.63. The Bertz CT molecular complexity index is 1260. The minimum atomic E-state index is -2.91. The van der Waals surface area contributed by atoms with Crippen LogP contribution in [0.5, 0.6) is 0 Å². The van der Waals surface area contributed by atoms with Crippen LogP contribution in [0.1, 0.15) is 28.9 Å². The third-order valence-corrected chi connectivity index (χ3v) is 9.76. The summed E-state index contributed by atoms with van der Waals surface area (Å²) in [5, 5.41) is 0. The van der Waals surface area contributed by atoms with E-state index in [1.54, 1.807) is 0 Å². The van der Waals surface area contributed by atoms with Crippen LogP contribution in [0, 0.1) is 5.92 Å². The van der Waals surface area contributed by atoms with E-state index in [0.29, 0.717) is 12.0 Å². The Morgan fingerprint density at radius 3 is 2.12 bits per heavy atom. The van der Waals surface area contributed by atoms with Crippen molar-refractivity contribution in [2.75, 3.05) is 32.6 Å². The van der Waals surface area contributed by atoms with E-state index in [2.05, 4.69) is 99.6 Å². The summed E-state index contributed by atoms with van der Waals surface area (Å²) in [6, 6.07) is 32.4. The molecule has 3 aromatic rings. The van der Waals surface area contributed by atoms with Crippen LogP contribution in [0.3, 0.4) is 0 Å². The molecule has 8 unspecified atom stereocenters. The molecular weight excluding hydrogens is 462 g/mol. The molecule has 176 valence electrons. The number of hydrogen-bond donors (Lipinski definition) is 0. The summed E-state index contributed by atoms with van der Waals surface area (Å²) in [4.78, 5) is 7.64. The molecule has 34 heavy (non-hydrogen) atoms. The van der Waals surface area contributed by atoms with E-state index in [1.807, 2.05) is 6.07 Å². The Morgan fingerprint density at radius 2 is 1.50 bits per heavy atom. The van der Waals surface area contributed by atoms with Gasteiger partial charge in [0, 0.05) is 36.2 Å². The Hall–Kier alpha value is -2.13. The van der Waals surface area contributed by atoms with Crippen molar-refractivity contribution in [3.05, 3.63) is 108 Å². The maximum absolute atomic E-state index is 13.4. The quantitative estimate of drug-likeness (QED) is 0.517. The molecule has 8 atom stereocenters. The fourth-order valence-corrected chi connectivity index (χ4v) is 8.06. The summed E-state index contributed by atoms with van der Waals surface area (Å²) in [6.07, 6.45) is 0.0430. The van der Waals surface area contributed by atoms with Gasteiger partial charge in [0.1, 0.15) is 14.4 Å². The molecule has 5 nitrogen and oxygen atoms in total. The number of benzene rings is 3. The second kappa shape index (κ2) is 8.52. The predicted octanol–water partition coefficient (Wildman–Crippen LogP) is 4.11. The first-order valence-electron chi connectivity index (χ1n) is 11.7.